The number of halogens is 2. The lowest BCUT2D eigenvalue weighted by molar-refractivity contribution is -0.326. The van der Waals surface area contributed by atoms with Crippen LogP contribution in [0.4, 0.5) is 13.9 Å². The molecule has 1 fully saturated rings. The molecule has 0 bridgehead atoms. The number of allylic oxidation sites excluding steroid dienone is 1. The van der Waals surface area contributed by atoms with Crippen LogP contribution in [0.1, 0.15) is 49.7 Å². The molecule has 12 heteroatoms. The third kappa shape index (κ3) is 4.13. The molecule has 2 aliphatic carbocycles. The summed E-state index contributed by atoms with van der Waals surface area (Å²) in [7, 11) is 0. The number of rotatable bonds is 6. The number of amides is 1. The highest BCUT2D eigenvalue weighted by molar-refractivity contribution is 7.13. The molecule has 35 heavy (non-hydrogen) atoms. The number of benzene rings is 1. The topological polar surface area (TPSA) is 138 Å². The molecule has 0 saturated heterocycles. The van der Waals surface area contributed by atoms with E-state index < -0.39 is 35.9 Å². The molecular weight excluding hydrogens is 482 g/mol. The maximum absolute atomic E-state index is 14.7. The normalized spacial score (nSPS) is 26.8. The lowest BCUT2D eigenvalue weighted by atomic mass is 9.90. The highest BCUT2D eigenvalue weighted by Gasteiger charge is 2.85. The van der Waals surface area contributed by atoms with E-state index in [9.17, 15) is 18.7 Å². The van der Waals surface area contributed by atoms with E-state index in [1.807, 2.05) is 24.2 Å². The van der Waals surface area contributed by atoms with Crippen molar-refractivity contribution in [2.24, 2.45) is 5.41 Å². The van der Waals surface area contributed by atoms with Gasteiger partial charge in [-0.2, -0.15) is 0 Å². The molecule has 0 spiro atoms. The van der Waals surface area contributed by atoms with E-state index in [1.54, 1.807) is 18.3 Å². The molecular formula is C23H28F2N4O5S. The first-order valence-corrected chi connectivity index (χ1v) is 12.2. The fourth-order valence-electron chi connectivity index (χ4n) is 5.12. The minimum absolute atomic E-state index is 0.121. The minimum Gasteiger partial charge on any atom is -0.395 e. The van der Waals surface area contributed by atoms with Crippen molar-refractivity contribution in [1.82, 2.24) is 15.7 Å². The van der Waals surface area contributed by atoms with Gasteiger partial charge in [-0.25, -0.2) is 19.2 Å². The summed E-state index contributed by atoms with van der Waals surface area (Å²) in [5.41, 5.74) is 4.22. The summed E-state index contributed by atoms with van der Waals surface area (Å²) in [5.74, 6) is -6.73. The van der Waals surface area contributed by atoms with Crippen LogP contribution in [-0.2, 0) is 4.79 Å². The predicted molar refractivity (Wildman–Crippen MR) is 124 cm³/mol. The number of anilines is 1. The Morgan fingerprint density at radius 3 is 2.49 bits per heavy atom. The van der Waals surface area contributed by atoms with Crippen LogP contribution in [0.5, 0.6) is 0 Å². The SMILES string of the molecule is CC.O=C(NC(O)(O)O)C1(CO)C(c2ccc(C3CCC4=C3CNN4c3nccs3)cc2)C1(F)F. The Labute approximate surface area is 204 Å². The van der Waals surface area contributed by atoms with Gasteiger partial charge in [0, 0.05) is 29.7 Å². The van der Waals surface area contributed by atoms with Crippen molar-refractivity contribution in [1.29, 1.82) is 0 Å². The summed E-state index contributed by atoms with van der Waals surface area (Å²) < 4.78 is 29.4. The molecule has 190 valence electrons. The Morgan fingerprint density at radius 2 is 1.91 bits per heavy atom. The largest absolute Gasteiger partial charge is 0.395 e. The Kier molecular flexibility index (Phi) is 6.72. The van der Waals surface area contributed by atoms with Crippen molar-refractivity contribution in [2.45, 2.75) is 50.5 Å². The molecule has 1 amide bonds. The molecule has 2 aromatic rings. The maximum atomic E-state index is 14.7. The second kappa shape index (κ2) is 9.19. The van der Waals surface area contributed by atoms with E-state index in [2.05, 4.69) is 10.4 Å². The molecule has 3 aliphatic rings. The standard InChI is InChI=1S/C21H22F2N4O5S.C2H6/c22-20(23)16(19(20,10-28)17(29)26-21(30,31)32)12-3-1-11(2-4-12)13-5-6-15-14(13)9-25-27(15)18-24-7-8-33-18;1-2/h1-4,7-8,13,16,25,28,30-32H,5-6,9-10H2,(H,26,29);1-2H3. The summed E-state index contributed by atoms with van der Waals surface area (Å²) >= 11 is 1.53. The molecule has 1 aromatic carbocycles. The van der Waals surface area contributed by atoms with E-state index >= 15 is 0 Å². The summed E-state index contributed by atoms with van der Waals surface area (Å²) in [6.45, 7) is 3.44. The number of thiazole rings is 1. The Bertz CT molecular complexity index is 1100. The predicted octanol–water partition coefficient (Wildman–Crippen LogP) is 1.74. The van der Waals surface area contributed by atoms with Gasteiger partial charge in [0.15, 0.2) is 0 Å². The van der Waals surface area contributed by atoms with E-state index in [4.69, 9.17) is 15.3 Å². The van der Waals surface area contributed by atoms with Crippen molar-refractivity contribution in [3.63, 3.8) is 0 Å². The van der Waals surface area contributed by atoms with Crippen LogP contribution < -0.4 is 15.8 Å². The summed E-state index contributed by atoms with van der Waals surface area (Å²) in [5, 5.41) is 42.5. The fourth-order valence-corrected chi connectivity index (χ4v) is 5.77. The molecule has 2 heterocycles. The van der Waals surface area contributed by atoms with E-state index in [0.717, 1.165) is 23.5 Å². The average molecular weight is 511 g/mol. The number of aromatic nitrogens is 1. The highest BCUT2D eigenvalue weighted by Crippen LogP contribution is 2.71. The van der Waals surface area contributed by atoms with Gasteiger partial charge in [-0.3, -0.25) is 15.1 Å². The first-order chi connectivity index (χ1) is 16.6. The van der Waals surface area contributed by atoms with Crippen LogP contribution in [0.15, 0.2) is 47.1 Å². The number of hydrogen-bond acceptors (Lipinski definition) is 9. The summed E-state index contributed by atoms with van der Waals surface area (Å²) in [6.07, 6.45) is -0.189. The number of carbonyl (C=O) groups excluding carboxylic acids is 1. The van der Waals surface area contributed by atoms with E-state index in [0.29, 0.717) is 6.54 Å². The van der Waals surface area contributed by atoms with Crippen LogP contribution in [-0.4, -0.2) is 56.5 Å². The molecule has 1 aliphatic heterocycles. The van der Waals surface area contributed by atoms with Crippen LogP contribution in [0.2, 0.25) is 0 Å². The average Bonchev–Trinajstić information content (AvgIpc) is 3.38. The zero-order valence-electron chi connectivity index (χ0n) is 19.2. The monoisotopic (exact) mass is 510 g/mol. The minimum atomic E-state index is -3.66. The molecule has 9 nitrogen and oxygen atoms in total. The van der Waals surface area contributed by atoms with Crippen molar-refractivity contribution in [2.75, 3.05) is 18.2 Å². The number of aliphatic hydroxyl groups is 4. The lowest BCUT2D eigenvalue weighted by Gasteiger charge is -2.20. The molecule has 3 atom stereocenters. The van der Waals surface area contributed by atoms with Gasteiger partial charge >= 0.3 is 6.10 Å². The molecule has 0 radical (unpaired) electrons. The quantitative estimate of drug-likeness (QED) is 0.323. The number of hydrogen-bond donors (Lipinski definition) is 6. The van der Waals surface area contributed by atoms with Gasteiger partial charge in [0.1, 0.15) is 5.41 Å². The molecule has 5 rings (SSSR count). The van der Waals surface area contributed by atoms with Gasteiger partial charge in [0.25, 0.3) is 5.92 Å². The van der Waals surface area contributed by atoms with Gasteiger partial charge < -0.3 is 20.4 Å². The second-order valence-electron chi connectivity index (χ2n) is 8.49. The van der Waals surface area contributed by atoms with Crippen molar-refractivity contribution >= 4 is 22.4 Å². The number of aliphatic hydroxyl groups excluding tert-OH is 1. The number of hydrazine groups is 1. The van der Waals surface area contributed by atoms with Crippen molar-refractivity contribution in [3.05, 3.63) is 58.2 Å². The number of alkyl halides is 2. The zero-order valence-corrected chi connectivity index (χ0v) is 20.0. The van der Waals surface area contributed by atoms with Gasteiger partial charge in [0.05, 0.1) is 12.5 Å². The second-order valence-corrected chi connectivity index (χ2v) is 9.36. The highest BCUT2D eigenvalue weighted by atomic mass is 32.1. The Hall–Kier alpha value is -2.48. The van der Waals surface area contributed by atoms with Crippen molar-refractivity contribution < 1.29 is 34.0 Å². The number of nitrogens with one attached hydrogen (secondary N) is 2. The van der Waals surface area contributed by atoms with Crippen LogP contribution >= 0.6 is 11.3 Å². The van der Waals surface area contributed by atoms with Gasteiger partial charge in [-0.15, -0.1) is 11.3 Å². The Morgan fingerprint density at radius 1 is 1.26 bits per heavy atom. The van der Waals surface area contributed by atoms with Gasteiger partial charge in [0.2, 0.25) is 11.0 Å². The summed E-state index contributed by atoms with van der Waals surface area (Å²) in [6, 6.07) is 6.49. The zero-order chi connectivity index (χ0) is 25.6. The third-order valence-corrected chi connectivity index (χ3v) is 7.50. The third-order valence-electron chi connectivity index (χ3n) is 6.74. The van der Waals surface area contributed by atoms with Crippen LogP contribution in [0.3, 0.4) is 0 Å². The summed E-state index contributed by atoms with van der Waals surface area (Å²) in [4.78, 5) is 16.6. The molecule has 1 aromatic heterocycles. The van der Waals surface area contributed by atoms with Gasteiger partial charge in [-0.05, 0) is 29.5 Å². The number of nitrogens with zero attached hydrogens (tertiary/aromatic N) is 2. The van der Waals surface area contributed by atoms with Gasteiger partial charge in [-0.1, -0.05) is 38.1 Å². The Balaban J connectivity index is 0.00000141. The van der Waals surface area contributed by atoms with E-state index in [-0.39, 0.29) is 11.5 Å². The smallest absolute Gasteiger partial charge is 0.369 e. The van der Waals surface area contributed by atoms with Crippen LogP contribution in [0, 0.1) is 5.41 Å². The molecule has 3 unspecified atom stereocenters. The first-order valence-electron chi connectivity index (χ1n) is 11.3. The van der Waals surface area contributed by atoms with Crippen molar-refractivity contribution in [3.8, 4) is 0 Å². The molecule has 6 N–H and O–H groups in total. The molecule has 1 saturated carbocycles. The van der Waals surface area contributed by atoms with E-state index in [1.165, 1.54) is 40.1 Å². The maximum Gasteiger partial charge on any atom is 0.369 e. The van der Waals surface area contributed by atoms with Crippen LogP contribution in [0.25, 0.3) is 0 Å². The first kappa shape index (κ1) is 25.6. The fraction of sp³-hybridized carbons (Fsp3) is 0.478. The lowest BCUT2D eigenvalue weighted by Crippen LogP contribution is -2.52. The number of carbonyl (C=O) groups is 1.